The monoisotopic (exact) mass is 233 g/mol. The first-order chi connectivity index (χ1) is 8.33. The van der Waals surface area contributed by atoms with Crippen LogP contribution in [-0.4, -0.2) is 25.8 Å². The quantitative estimate of drug-likeness (QED) is 0.844. The summed E-state index contributed by atoms with van der Waals surface area (Å²) in [5, 5.41) is 3.45. The molecule has 1 aliphatic rings. The van der Waals surface area contributed by atoms with Crippen LogP contribution in [0.4, 0.5) is 0 Å². The van der Waals surface area contributed by atoms with Gasteiger partial charge in [-0.25, -0.2) is 0 Å². The largest absolute Gasteiger partial charge is 0.377 e. The minimum Gasteiger partial charge on any atom is -0.377 e. The first-order valence-corrected chi connectivity index (χ1v) is 6.70. The lowest BCUT2D eigenvalue weighted by Gasteiger charge is -2.25. The van der Waals surface area contributed by atoms with Gasteiger partial charge in [-0.1, -0.05) is 44.2 Å². The van der Waals surface area contributed by atoms with Crippen LogP contribution in [0.5, 0.6) is 0 Å². The normalized spacial score (nSPS) is 26.0. The minimum absolute atomic E-state index is 0.372. The fourth-order valence-corrected chi connectivity index (χ4v) is 2.70. The van der Waals surface area contributed by atoms with Crippen molar-refractivity contribution in [1.29, 1.82) is 0 Å². The highest BCUT2D eigenvalue weighted by molar-refractivity contribution is 5.20. The molecular formula is C15H23NO. The van der Waals surface area contributed by atoms with Gasteiger partial charge in [0.2, 0.25) is 0 Å². The van der Waals surface area contributed by atoms with Crippen LogP contribution in [0, 0.1) is 5.92 Å². The fourth-order valence-electron chi connectivity index (χ4n) is 2.70. The summed E-state index contributed by atoms with van der Waals surface area (Å²) in [6, 6.07) is 10.7. The first kappa shape index (κ1) is 12.6. The smallest absolute Gasteiger partial charge is 0.0681 e. The lowest BCUT2D eigenvalue weighted by molar-refractivity contribution is 0.0720. The van der Waals surface area contributed by atoms with E-state index in [9.17, 15) is 0 Å². The van der Waals surface area contributed by atoms with Gasteiger partial charge in [0.1, 0.15) is 0 Å². The van der Waals surface area contributed by atoms with Crippen LogP contribution in [0.15, 0.2) is 30.3 Å². The Morgan fingerprint density at radius 1 is 1.35 bits per heavy atom. The average molecular weight is 233 g/mol. The zero-order valence-electron chi connectivity index (χ0n) is 10.9. The van der Waals surface area contributed by atoms with E-state index in [2.05, 4.69) is 49.5 Å². The molecule has 0 aromatic heterocycles. The van der Waals surface area contributed by atoms with Crippen LogP contribution >= 0.6 is 0 Å². The lowest BCUT2D eigenvalue weighted by atomic mass is 9.87. The van der Waals surface area contributed by atoms with Crippen molar-refractivity contribution in [3.8, 4) is 0 Å². The number of benzene rings is 1. The highest BCUT2D eigenvalue weighted by Gasteiger charge is 2.32. The van der Waals surface area contributed by atoms with Gasteiger partial charge >= 0.3 is 0 Å². The number of hydrogen-bond acceptors (Lipinski definition) is 2. The molecule has 1 fully saturated rings. The highest BCUT2D eigenvalue weighted by atomic mass is 16.5. The van der Waals surface area contributed by atoms with Crippen LogP contribution in [0.2, 0.25) is 0 Å². The predicted molar refractivity (Wildman–Crippen MR) is 71.2 cm³/mol. The summed E-state index contributed by atoms with van der Waals surface area (Å²) in [5.74, 6) is 1.15. The number of rotatable bonds is 5. The molecule has 0 bridgehead atoms. The van der Waals surface area contributed by atoms with E-state index in [0.29, 0.717) is 17.9 Å². The van der Waals surface area contributed by atoms with Gasteiger partial charge in [-0.15, -0.1) is 0 Å². The number of hydrogen-bond donors (Lipinski definition) is 1. The maximum atomic E-state index is 5.94. The highest BCUT2D eigenvalue weighted by Crippen LogP contribution is 2.32. The van der Waals surface area contributed by atoms with Crippen LogP contribution in [0.3, 0.4) is 0 Å². The van der Waals surface area contributed by atoms with Gasteiger partial charge in [-0.2, -0.15) is 0 Å². The van der Waals surface area contributed by atoms with E-state index >= 15 is 0 Å². The maximum absolute atomic E-state index is 5.94. The van der Waals surface area contributed by atoms with Crippen molar-refractivity contribution < 1.29 is 4.74 Å². The van der Waals surface area contributed by atoms with E-state index in [1.54, 1.807) is 0 Å². The van der Waals surface area contributed by atoms with E-state index in [0.717, 1.165) is 19.7 Å². The Morgan fingerprint density at radius 3 is 2.82 bits per heavy atom. The van der Waals surface area contributed by atoms with Crippen LogP contribution in [-0.2, 0) is 4.74 Å². The Kier molecular flexibility index (Phi) is 4.57. The third-order valence-corrected chi connectivity index (χ3v) is 3.74. The van der Waals surface area contributed by atoms with Crippen molar-refractivity contribution in [3.63, 3.8) is 0 Å². The zero-order chi connectivity index (χ0) is 12.1. The molecular weight excluding hydrogens is 210 g/mol. The summed E-state index contributed by atoms with van der Waals surface area (Å²) in [6.07, 6.45) is 1.56. The van der Waals surface area contributed by atoms with Gasteiger partial charge in [0, 0.05) is 25.0 Å². The molecule has 1 N–H and O–H groups in total. The second-order valence-electron chi connectivity index (χ2n) is 4.89. The molecule has 94 valence electrons. The summed E-state index contributed by atoms with van der Waals surface area (Å²) >= 11 is 0. The van der Waals surface area contributed by atoms with Crippen molar-refractivity contribution >= 4 is 0 Å². The summed E-state index contributed by atoms with van der Waals surface area (Å²) in [5.41, 5.74) is 1.39. The van der Waals surface area contributed by atoms with E-state index in [1.807, 2.05) is 0 Å². The zero-order valence-corrected chi connectivity index (χ0v) is 10.9. The number of nitrogens with one attached hydrogen (secondary N) is 1. The Bertz CT molecular complexity index is 325. The summed E-state index contributed by atoms with van der Waals surface area (Å²) in [4.78, 5) is 0. The molecule has 1 aliphatic heterocycles. The summed E-state index contributed by atoms with van der Waals surface area (Å²) in [6.45, 7) is 7.48. The van der Waals surface area contributed by atoms with E-state index in [-0.39, 0.29) is 0 Å². The second kappa shape index (κ2) is 6.18. The summed E-state index contributed by atoms with van der Waals surface area (Å²) < 4.78 is 5.94. The molecule has 3 atom stereocenters. The number of ether oxygens (including phenoxy) is 1. The Labute approximate surface area is 104 Å². The van der Waals surface area contributed by atoms with Crippen molar-refractivity contribution in [2.75, 3.05) is 19.7 Å². The van der Waals surface area contributed by atoms with Gasteiger partial charge in [0.15, 0.2) is 0 Å². The van der Waals surface area contributed by atoms with E-state index in [1.165, 1.54) is 12.0 Å². The molecule has 0 amide bonds. The second-order valence-corrected chi connectivity index (χ2v) is 4.89. The topological polar surface area (TPSA) is 21.3 Å². The Balaban J connectivity index is 2.00. The van der Waals surface area contributed by atoms with Crippen molar-refractivity contribution in [2.24, 2.45) is 5.92 Å². The van der Waals surface area contributed by atoms with Crippen molar-refractivity contribution in [1.82, 2.24) is 5.32 Å². The fraction of sp³-hybridized carbons (Fsp3) is 0.600. The van der Waals surface area contributed by atoms with Gasteiger partial charge in [0.25, 0.3) is 0 Å². The molecule has 1 saturated heterocycles. The van der Waals surface area contributed by atoms with Crippen molar-refractivity contribution in [2.45, 2.75) is 32.3 Å². The molecule has 1 heterocycles. The summed E-state index contributed by atoms with van der Waals surface area (Å²) in [7, 11) is 0. The van der Waals surface area contributed by atoms with Crippen LogP contribution < -0.4 is 5.32 Å². The standard InChI is InChI=1S/C15H23NO/c1-3-16-11-14-9-10-17-15(14)12(2)13-7-5-4-6-8-13/h4-8,12,14-16H,3,9-11H2,1-2H3. The van der Waals surface area contributed by atoms with Gasteiger partial charge < -0.3 is 10.1 Å². The lowest BCUT2D eigenvalue weighted by Crippen LogP contribution is -2.31. The molecule has 0 radical (unpaired) electrons. The molecule has 0 aliphatic carbocycles. The SMILES string of the molecule is CCNCC1CCOC1C(C)c1ccccc1. The van der Waals surface area contributed by atoms with Crippen LogP contribution in [0.1, 0.15) is 31.7 Å². The Hall–Kier alpha value is -0.860. The molecule has 2 rings (SSSR count). The van der Waals surface area contributed by atoms with Crippen LogP contribution in [0.25, 0.3) is 0 Å². The third kappa shape index (κ3) is 3.08. The third-order valence-electron chi connectivity index (χ3n) is 3.74. The van der Waals surface area contributed by atoms with Gasteiger partial charge in [-0.3, -0.25) is 0 Å². The Morgan fingerprint density at radius 2 is 2.12 bits per heavy atom. The molecule has 3 unspecified atom stereocenters. The van der Waals surface area contributed by atoms with Crippen molar-refractivity contribution in [3.05, 3.63) is 35.9 Å². The van der Waals surface area contributed by atoms with E-state index in [4.69, 9.17) is 4.74 Å². The molecule has 1 aromatic rings. The molecule has 2 nitrogen and oxygen atoms in total. The van der Waals surface area contributed by atoms with Gasteiger partial charge in [0.05, 0.1) is 6.10 Å². The molecule has 2 heteroatoms. The minimum atomic E-state index is 0.372. The first-order valence-electron chi connectivity index (χ1n) is 6.70. The van der Waals surface area contributed by atoms with Gasteiger partial charge in [-0.05, 0) is 18.5 Å². The molecule has 17 heavy (non-hydrogen) atoms. The average Bonchev–Trinajstić information content (AvgIpc) is 2.84. The predicted octanol–water partition coefficient (Wildman–Crippen LogP) is 2.80. The molecule has 1 aromatic carbocycles. The molecule has 0 spiro atoms. The van der Waals surface area contributed by atoms with E-state index < -0.39 is 0 Å². The molecule has 0 saturated carbocycles. The maximum Gasteiger partial charge on any atom is 0.0681 e.